The van der Waals surface area contributed by atoms with Gasteiger partial charge in [0.15, 0.2) is 12.4 Å². The number of carbonyl (C=O) groups is 6. The number of hydrogen-bond acceptors (Lipinski definition) is 8. The Morgan fingerprint density at radius 1 is 0.882 bits per heavy atom. The Kier molecular flexibility index (Phi) is 12.2. The van der Waals surface area contributed by atoms with Crippen molar-refractivity contribution < 1.29 is 43.7 Å². The molecule has 7 atom stereocenters. The fourth-order valence-electron chi connectivity index (χ4n) is 9.81. The molecule has 0 heterocycles. The molecule has 0 spiro atoms. The first-order valence-corrected chi connectivity index (χ1v) is 18.7. The number of esters is 1. The van der Waals surface area contributed by atoms with Crippen LogP contribution in [0.1, 0.15) is 109 Å². The molecule has 0 radical (unpaired) electrons. The number of hydrogen-bond donors (Lipinski definition) is 4. The van der Waals surface area contributed by atoms with Crippen LogP contribution >= 0.6 is 0 Å². The minimum atomic E-state index is -1.57. The van der Waals surface area contributed by atoms with Crippen LogP contribution in [0.4, 0.5) is 0 Å². The van der Waals surface area contributed by atoms with Gasteiger partial charge in [0.2, 0.25) is 17.6 Å². The Balaban J connectivity index is 0.970. The van der Waals surface area contributed by atoms with Crippen molar-refractivity contribution >= 4 is 35.3 Å². The number of nitrogens with one attached hydrogen (secondary N) is 2. The summed E-state index contributed by atoms with van der Waals surface area (Å²) < 4.78 is 5.27. The summed E-state index contributed by atoms with van der Waals surface area (Å²) in [5, 5.41) is 26.6. The van der Waals surface area contributed by atoms with Gasteiger partial charge in [-0.05, 0) is 92.6 Å². The Labute approximate surface area is 300 Å². The molecule has 278 valence electrons. The Morgan fingerprint density at radius 2 is 1.63 bits per heavy atom. The molecule has 11 nitrogen and oxygen atoms in total. The number of ether oxygens (including phenoxy) is 1. The number of carbonyl (C=O) groups excluding carboxylic acids is 5. The second-order valence-electron chi connectivity index (χ2n) is 15.7. The van der Waals surface area contributed by atoms with Crippen molar-refractivity contribution in [2.45, 2.75) is 122 Å². The zero-order chi connectivity index (χ0) is 36.8. The number of fused-ring (bicyclic) bond motifs is 5. The van der Waals surface area contributed by atoms with Gasteiger partial charge in [0.1, 0.15) is 11.6 Å². The average molecular weight is 707 g/mol. The van der Waals surface area contributed by atoms with Crippen LogP contribution in [0.15, 0.2) is 42.0 Å². The average Bonchev–Trinajstić information content (AvgIpc) is 3.39. The van der Waals surface area contributed by atoms with E-state index in [1.165, 1.54) is 5.57 Å². The van der Waals surface area contributed by atoms with Gasteiger partial charge in [0.05, 0.1) is 6.42 Å². The third kappa shape index (κ3) is 8.45. The van der Waals surface area contributed by atoms with Crippen LogP contribution in [-0.2, 0) is 39.9 Å². The number of unbranched alkanes of at least 4 members (excludes halogenated alkanes) is 2. The van der Waals surface area contributed by atoms with Crippen molar-refractivity contribution in [2.75, 3.05) is 13.2 Å². The van der Waals surface area contributed by atoms with Crippen molar-refractivity contribution in [3.8, 4) is 0 Å². The molecule has 51 heavy (non-hydrogen) atoms. The van der Waals surface area contributed by atoms with Crippen molar-refractivity contribution in [1.82, 2.24) is 10.6 Å². The Morgan fingerprint density at radius 3 is 2.37 bits per heavy atom. The van der Waals surface area contributed by atoms with E-state index in [1.807, 2.05) is 43.3 Å². The first-order valence-electron chi connectivity index (χ1n) is 18.7. The van der Waals surface area contributed by atoms with E-state index in [-0.39, 0.29) is 54.6 Å². The number of carboxylic acids is 1. The SMILES string of the molecule is C[C@]12CCC(=O)C=C1CC[C@H]1[C@H]2CC[C@]2(C)[C@H]1CC[C@]2(O)C(=O)COC(=O)CCC(=O)NCCCCCC(=O)N[C@@H](Cc1ccccc1)C(=O)O. The van der Waals surface area contributed by atoms with Gasteiger partial charge in [-0.2, -0.15) is 0 Å². The number of benzene rings is 1. The number of aliphatic carboxylic acids is 1. The van der Waals surface area contributed by atoms with Crippen LogP contribution in [0, 0.1) is 28.6 Å². The lowest BCUT2D eigenvalue weighted by molar-refractivity contribution is -0.170. The van der Waals surface area contributed by atoms with Crippen LogP contribution in [-0.4, -0.2) is 70.3 Å². The Bertz CT molecular complexity index is 1520. The van der Waals surface area contributed by atoms with Gasteiger partial charge in [0, 0.05) is 37.6 Å². The van der Waals surface area contributed by atoms with Crippen molar-refractivity contribution in [3.05, 3.63) is 47.5 Å². The molecule has 4 aliphatic carbocycles. The molecule has 11 heteroatoms. The maximum absolute atomic E-state index is 13.5. The lowest BCUT2D eigenvalue weighted by atomic mass is 9.46. The molecule has 3 saturated carbocycles. The molecule has 1 aromatic rings. The summed E-state index contributed by atoms with van der Waals surface area (Å²) >= 11 is 0. The predicted molar refractivity (Wildman–Crippen MR) is 188 cm³/mol. The van der Waals surface area contributed by atoms with Gasteiger partial charge in [-0.1, -0.05) is 56.2 Å². The molecular weight excluding hydrogens is 652 g/mol. The lowest BCUT2D eigenvalue weighted by Gasteiger charge is -2.58. The number of allylic oxidation sites excluding steroid dienone is 1. The number of rotatable bonds is 16. The van der Waals surface area contributed by atoms with Gasteiger partial charge in [-0.15, -0.1) is 0 Å². The third-order valence-electron chi connectivity index (χ3n) is 12.8. The minimum absolute atomic E-state index is 0.000793. The molecule has 3 fully saturated rings. The van der Waals surface area contributed by atoms with Crippen molar-refractivity contribution in [1.29, 1.82) is 0 Å². The number of amides is 2. The lowest BCUT2D eigenvalue weighted by Crippen LogP contribution is -2.58. The van der Waals surface area contributed by atoms with E-state index >= 15 is 0 Å². The highest BCUT2D eigenvalue weighted by atomic mass is 16.5. The van der Waals surface area contributed by atoms with Gasteiger partial charge in [0.25, 0.3) is 0 Å². The summed E-state index contributed by atoms with van der Waals surface area (Å²) in [5.41, 5.74) is -0.0751. The maximum Gasteiger partial charge on any atom is 0.326 e. The molecule has 4 aliphatic rings. The van der Waals surface area contributed by atoms with Crippen LogP contribution in [0.3, 0.4) is 0 Å². The third-order valence-corrected chi connectivity index (χ3v) is 12.8. The smallest absolute Gasteiger partial charge is 0.326 e. The normalized spacial score (nSPS) is 30.1. The summed E-state index contributed by atoms with van der Waals surface area (Å²) in [4.78, 5) is 74.2. The first kappa shape index (κ1) is 38.4. The molecule has 5 rings (SSSR count). The summed E-state index contributed by atoms with van der Waals surface area (Å²) in [7, 11) is 0. The van der Waals surface area contributed by atoms with E-state index in [1.54, 1.807) is 0 Å². The maximum atomic E-state index is 13.5. The van der Waals surface area contributed by atoms with Crippen molar-refractivity contribution in [2.24, 2.45) is 28.6 Å². The highest BCUT2D eigenvalue weighted by Gasteiger charge is 2.66. The molecular formula is C40H54N2O9. The second-order valence-corrected chi connectivity index (χ2v) is 15.7. The summed E-state index contributed by atoms with van der Waals surface area (Å²) in [6.45, 7) is 4.17. The fraction of sp³-hybridized carbons (Fsp3) is 0.650. The quantitative estimate of drug-likeness (QED) is 0.141. The van der Waals surface area contributed by atoms with Gasteiger partial charge in [-0.3, -0.25) is 24.0 Å². The predicted octanol–water partition coefficient (Wildman–Crippen LogP) is 4.63. The topological polar surface area (TPSA) is 176 Å². The molecule has 0 unspecified atom stereocenters. The summed E-state index contributed by atoms with van der Waals surface area (Å²) in [5.74, 6) is -1.69. The Hall–Kier alpha value is -3.86. The van der Waals surface area contributed by atoms with Crippen LogP contribution < -0.4 is 10.6 Å². The van der Waals surface area contributed by atoms with Gasteiger partial charge >= 0.3 is 11.9 Å². The van der Waals surface area contributed by atoms with Crippen LogP contribution in [0.25, 0.3) is 0 Å². The largest absolute Gasteiger partial charge is 0.480 e. The van der Waals surface area contributed by atoms with E-state index in [4.69, 9.17) is 4.74 Å². The van der Waals surface area contributed by atoms with E-state index < -0.39 is 41.4 Å². The summed E-state index contributed by atoms with van der Waals surface area (Å²) in [6.07, 6.45) is 9.75. The zero-order valence-electron chi connectivity index (χ0n) is 30.0. The zero-order valence-corrected chi connectivity index (χ0v) is 30.0. The van der Waals surface area contributed by atoms with Crippen molar-refractivity contribution in [3.63, 3.8) is 0 Å². The molecule has 0 aliphatic heterocycles. The molecule has 0 bridgehead atoms. The van der Waals surface area contributed by atoms with Gasteiger partial charge < -0.3 is 25.6 Å². The molecule has 1 aromatic carbocycles. The second kappa shape index (κ2) is 16.2. The fourth-order valence-corrected chi connectivity index (χ4v) is 9.81. The molecule has 4 N–H and O–H groups in total. The van der Waals surface area contributed by atoms with E-state index in [9.17, 15) is 39.0 Å². The number of aliphatic hydroxyl groups is 1. The van der Waals surface area contributed by atoms with E-state index in [0.29, 0.717) is 56.9 Å². The highest BCUT2D eigenvalue weighted by Crippen LogP contribution is 2.67. The number of carboxylic acid groups (broad SMARTS) is 1. The van der Waals surface area contributed by atoms with Gasteiger partial charge in [-0.25, -0.2) is 4.79 Å². The minimum Gasteiger partial charge on any atom is -0.480 e. The van der Waals surface area contributed by atoms with E-state index in [2.05, 4.69) is 17.6 Å². The van der Waals surface area contributed by atoms with E-state index in [0.717, 1.165) is 37.7 Å². The number of Topliss-reactive ketones (excluding diaryl/α,β-unsaturated/α-hetero) is 1. The number of ketones is 2. The molecule has 2 amide bonds. The first-order chi connectivity index (χ1) is 24.3. The molecule has 0 saturated heterocycles. The highest BCUT2D eigenvalue weighted by molar-refractivity contribution is 5.92. The van der Waals surface area contributed by atoms with Crippen LogP contribution in [0.5, 0.6) is 0 Å². The standard InChI is InChI=1S/C40H54N2O9/c1-38-19-16-28(43)24-27(38)12-13-29-30(38)17-20-39(2)31(29)18-21-40(39,50)33(44)25-51-36(47)15-14-34(45)41-22-8-4-7-11-35(46)42-32(37(48)49)23-26-9-5-3-6-10-26/h3,5-6,9-10,24,29-32,50H,4,7-8,11-23,25H2,1-2H3,(H,41,45)(H,42,46)(H,48,49)/t29-,30+,31-,32-,38-,39+,40-/m0/s1. The summed E-state index contributed by atoms with van der Waals surface area (Å²) in [6, 6.07) is 8.09. The van der Waals surface area contributed by atoms with Crippen LogP contribution in [0.2, 0.25) is 0 Å². The monoisotopic (exact) mass is 706 g/mol. The molecule has 0 aromatic heterocycles.